The van der Waals surface area contributed by atoms with Crippen LogP contribution < -0.4 is 0 Å². The maximum absolute atomic E-state index is 12.3. The molecule has 1 aliphatic carbocycles. The van der Waals surface area contributed by atoms with Gasteiger partial charge in [-0.2, -0.15) is 0 Å². The SMILES string of the molecule is CC1CCOCCN1C(=O)CC1(O)CCCCC1. The van der Waals surface area contributed by atoms with Gasteiger partial charge in [0.15, 0.2) is 0 Å². The van der Waals surface area contributed by atoms with Crippen LogP contribution in [0, 0.1) is 0 Å². The van der Waals surface area contributed by atoms with Crippen LogP contribution in [-0.2, 0) is 9.53 Å². The highest BCUT2D eigenvalue weighted by atomic mass is 16.5. The van der Waals surface area contributed by atoms with Gasteiger partial charge in [-0.25, -0.2) is 0 Å². The van der Waals surface area contributed by atoms with Crippen molar-refractivity contribution in [1.29, 1.82) is 0 Å². The lowest BCUT2D eigenvalue weighted by molar-refractivity contribution is -0.139. The molecule has 1 saturated heterocycles. The summed E-state index contributed by atoms with van der Waals surface area (Å²) >= 11 is 0. The van der Waals surface area contributed by atoms with Gasteiger partial charge in [0, 0.05) is 19.2 Å². The van der Waals surface area contributed by atoms with Gasteiger partial charge in [0.25, 0.3) is 0 Å². The van der Waals surface area contributed by atoms with Crippen LogP contribution in [0.3, 0.4) is 0 Å². The van der Waals surface area contributed by atoms with E-state index in [0.29, 0.717) is 13.2 Å². The van der Waals surface area contributed by atoms with Crippen molar-refractivity contribution in [3.8, 4) is 0 Å². The Bertz CT molecular complexity index is 287. The summed E-state index contributed by atoms with van der Waals surface area (Å²) < 4.78 is 5.40. The zero-order chi connectivity index (χ0) is 13.0. The highest BCUT2D eigenvalue weighted by molar-refractivity contribution is 5.77. The van der Waals surface area contributed by atoms with E-state index in [1.54, 1.807) is 0 Å². The second-order valence-corrected chi connectivity index (χ2v) is 5.80. The van der Waals surface area contributed by atoms with Crippen LogP contribution in [-0.4, -0.2) is 47.3 Å². The molecular formula is C14H25NO3. The molecule has 2 rings (SSSR count). The van der Waals surface area contributed by atoms with Gasteiger partial charge in [-0.05, 0) is 26.2 Å². The molecule has 0 spiro atoms. The first-order valence-corrected chi connectivity index (χ1v) is 7.20. The van der Waals surface area contributed by atoms with Crippen molar-refractivity contribution in [2.45, 2.75) is 63.5 Å². The molecule has 0 aromatic rings. The van der Waals surface area contributed by atoms with Crippen LogP contribution in [0.2, 0.25) is 0 Å². The zero-order valence-corrected chi connectivity index (χ0v) is 11.4. The van der Waals surface area contributed by atoms with E-state index in [2.05, 4.69) is 6.92 Å². The minimum absolute atomic E-state index is 0.0948. The third kappa shape index (κ3) is 3.45. The van der Waals surface area contributed by atoms with Gasteiger partial charge in [0.1, 0.15) is 0 Å². The summed E-state index contributed by atoms with van der Waals surface area (Å²) in [5.74, 6) is 0.0948. The number of rotatable bonds is 2. The number of amides is 1. The molecule has 1 aliphatic heterocycles. The van der Waals surface area contributed by atoms with E-state index in [1.807, 2.05) is 4.90 Å². The maximum Gasteiger partial charge on any atom is 0.225 e. The number of hydrogen-bond acceptors (Lipinski definition) is 3. The van der Waals surface area contributed by atoms with E-state index < -0.39 is 5.60 Å². The van der Waals surface area contributed by atoms with Gasteiger partial charge in [-0.15, -0.1) is 0 Å². The molecule has 1 N–H and O–H groups in total. The number of ether oxygens (including phenoxy) is 1. The monoisotopic (exact) mass is 255 g/mol. The Morgan fingerprint density at radius 2 is 2.06 bits per heavy atom. The molecule has 1 heterocycles. The molecule has 2 aliphatic rings. The van der Waals surface area contributed by atoms with Gasteiger partial charge < -0.3 is 14.7 Å². The first-order valence-electron chi connectivity index (χ1n) is 7.20. The van der Waals surface area contributed by atoms with Crippen LogP contribution in [0.5, 0.6) is 0 Å². The molecule has 104 valence electrons. The number of carbonyl (C=O) groups excluding carboxylic acids is 1. The molecule has 0 radical (unpaired) electrons. The van der Waals surface area contributed by atoms with Gasteiger partial charge in [-0.3, -0.25) is 4.79 Å². The van der Waals surface area contributed by atoms with E-state index in [9.17, 15) is 9.90 Å². The van der Waals surface area contributed by atoms with Crippen LogP contribution in [0.1, 0.15) is 51.9 Å². The van der Waals surface area contributed by atoms with Crippen LogP contribution in [0.15, 0.2) is 0 Å². The fourth-order valence-electron chi connectivity index (χ4n) is 3.04. The maximum atomic E-state index is 12.3. The standard InChI is InChI=1S/C14H25NO3/c1-12-5-9-18-10-8-15(12)13(16)11-14(17)6-3-2-4-7-14/h12,17H,2-11H2,1H3. The van der Waals surface area contributed by atoms with E-state index in [-0.39, 0.29) is 18.4 Å². The topological polar surface area (TPSA) is 49.8 Å². The minimum Gasteiger partial charge on any atom is -0.389 e. The summed E-state index contributed by atoms with van der Waals surface area (Å²) in [5.41, 5.74) is -0.748. The van der Waals surface area contributed by atoms with Gasteiger partial charge in [0.05, 0.1) is 18.6 Å². The third-order valence-electron chi connectivity index (χ3n) is 4.27. The summed E-state index contributed by atoms with van der Waals surface area (Å²) in [7, 11) is 0. The Labute approximate surface area is 109 Å². The highest BCUT2D eigenvalue weighted by Gasteiger charge is 2.34. The second-order valence-electron chi connectivity index (χ2n) is 5.80. The fraction of sp³-hybridized carbons (Fsp3) is 0.929. The molecule has 18 heavy (non-hydrogen) atoms. The minimum atomic E-state index is -0.748. The lowest BCUT2D eigenvalue weighted by Gasteiger charge is -2.35. The third-order valence-corrected chi connectivity index (χ3v) is 4.27. The first kappa shape index (κ1) is 13.8. The molecule has 0 aromatic carbocycles. The largest absolute Gasteiger partial charge is 0.389 e. The van der Waals surface area contributed by atoms with Crippen molar-refractivity contribution in [2.24, 2.45) is 0 Å². The quantitative estimate of drug-likeness (QED) is 0.817. The van der Waals surface area contributed by atoms with Crippen molar-refractivity contribution < 1.29 is 14.6 Å². The molecule has 0 aromatic heterocycles. The zero-order valence-electron chi connectivity index (χ0n) is 11.4. The van der Waals surface area contributed by atoms with Gasteiger partial charge in [0.2, 0.25) is 5.91 Å². The highest BCUT2D eigenvalue weighted by Crippen LogP contribution is 2.31. The molecule has 1 saturated carbocycles. The molecule has 4 heteroatoms. The Balaban J connectivity index is 1.93. The summed E-state index contributed by atoms with van der Waals surface area (Å²) in [5, 5.41) is 10.5. The van der Waals surface area contributed by atoms with E-state index in [1.165, 1.54) is 6.42 Å². The lowest BCUT2D eigenvalue weighted by atomic mass is 9.82. The van der Waals surface area contributed by atoms with Crippen LogP contribution >= 0.6 is 0 Å². The summed E-state index contributed by atoms with van der Waals surface area (Å²) in [6.07, 6.45) is 6.01. The van der Waals surface area contributed by atoms with Crippen LogP contribution in [0.4, 0.5) is 0 Å². The van der Waals surface area contributed by atoms with Gasteiger partial charge in [-0.1, -0.05) is 19.3 Å². The van der Waals surface area contributed by atoms with E-state index >= 15 is 0 Å². The van der Waals surface area contributed by atoms with E-state index in [4.69, 9.17) is 4.74 Å². The van der Waals surface area contributed by atoms with Crippen molar-refractivity contribution in [1.82, 2.24) is 4.90 Å². The number of nitrogens with zero attached hydrogens (tertiary/aromatic N) is 1. The molecule has 1 unspecified atom stereocenters. The second kappa shape index (κ2) is 6.02. The fourth-order valence-corrected chi connectivity index (χ4v) is 3.04. The van der Waals surface area contributed by atoms with Crippen molar-refractivity contribution in [3.63, 3.8) is 0 Å². The Morgan fingerprint density at radius 1 is 1.33 bits per heavy atom. The van der Waals surface area contributed by atoms with E-state index in [0.717, 1.165) is 38.7 Å². The van der Waals surface area contributed by atoms with Crippen molar-refractivity contribution in [2.75, 3.05) is 19.8 Å². The first-order chi connectivity index (χ1) is 8.61. The Hall–Kier alpha value is -0.610. The van der Waals surface area contributed by atoms with Crippen LogP contribution in [0.25, 0.3) is 0 Å². The lowest BCUT2D eigenvalue weighted by Crippen LogP contribution is -2.44. The molecule has 1 amide bonds. The Kier molecular flexibility index (Phi) is 4.62. The predicted octanol–water partition coefficient (Wildman–Crippen LogP) is 1.71. The average molecular weight is 255 g/mol. The predicted molar refractivity (Wildman–Crippen MR) is 69.3 cm³/mol. The van der Waals surface area contributed by atoms with Crippen molar-refractivity contribution >= 4 is 5.91 Å². The number of hydrogen-bond donors (Lipinski definition) is 1. The molecule has 1 atom stereocenters. The summed E-state index contributed by atoms with van der Waals surface area (Å²) in [6.45, 7) is 4.08. The average Bonchev–Trinajstić information content (AvgIpc) is 2.54. The summed E-state index contributed by atoms with van der Waals surface area (Å²) in [6, 6.07) is 0.229. The van der Waals surface area contributed by atoms with Crippen molar-refractivity contribution in [3.05, 3.63) is 0 Å². The van der Waals surface area contributed by atoms with Gasteiger partial charge >= 0.3 is 0 Å². The molecule has 2 fully saturated rings. The number of carbonyl (C=O) groups is 1. The summed E-state index contributed by atoms with van der Waals surface area (Å²) in [4.78, 5) is 14.2. The molecular weight excluding hydrogens is 230 g/mol. The molecule has 0 bridgehead atoms. The normalized spacial score (nSPS) is 28.8. The number of aliphatic hydroxyl groups is 1. The smallest absolute Gasteiger partial charge is 0.225 e. The Morgan fingerprint density at radius 3 is 2.78 bits per heavy atom. The molecule has 4 nitrogen and oxygen atoms in total.